The number of aliphatic imine (C=N–C) groups is 1. The maximum absolute atomic E-state index is 5.07. The summed E-state index contributed by atoms with van der Waals surface area (Å²) in [5, 5.41) is 0. The maximum Gasteiger partial charge on any atom is 0.0728 e. The molecule has 0 aliphatic rings. The molecule has 0 amide bonds. The van der Waals surface area contributed by atoms with E-state index in [2.05, 4.69) is 76.7 Å². The summed E-state index contributed by atoms with van der Waals surface area (Å²) in [6, 6.07) is 10.4. The minimum atomic E-state index is -1.34. The van der Waals surface area contributed by atoms with Crippen LogP contribution in [0.2, 0.25) is 39.3 Å². The van der Waals surface area contributed by atoms with Gasteiger partial charge in [-0.15, -0.1) is 0 Å². The van der Waals surface area contributed by atoms with Crippen molar-refractivity contribution in [1.29, 1.82) is 0 Å². The van der Waals surface area contributed by atoms with Gasteiger partial charge < -0.3 is 0 Å². The van der Waals surface area contributed by atoms with Crippen molar-refractivity contribution in [2.45, 2.75) is 51.0 Å². The molecule has 0 radical (unpaired) electrons. The zero-order valence-electron chi connectivity index (χ0n) is 12.9. The minimum absolute atomic E-state index is 0.176. The monoisotopic (exact) mass is 277 g/mol. The number of hydrogen-bond acceptors (Lipinski definition) is 1. The SMILES string of the molecule is CC(/N=C/c1ccccc1)([Si](C)(C)C)[Si](C)(C)C. The van der Waals surface area contributed by atoms with Gasteiger partial charge in [0.05, 0.1) is 16.1 Å². The van der Waals surface area contributed by atoms with Gasteiger partial charge in [0.1, 0.15) is 0 Å². The number of rotatable bonds is 4. The fourth-order valence-electron chi connectivity index (χ4n) is 2.26. The summed E-state index contributed by atoms with van der Waals surface area (Å²) in [7, 11) is -2.67. The Morgan fingerprint density at radius 1 is 0.889 bits per heavy atom. The van der Waals surface area contributed by atoms with Crippen molar-refractivity contribution in [2.75, 3.05) is 0 Å². The van der Waals surface area contributed by atoms with E-state index in [9.17, 15) is 0 Å². The second-order valence-electron chi connectivity index (χ2n) is 7.24. The number of nitrogens with zero attached hydrogens (tertiary/aromatic N) is 1. The molecular weight excluding hydrogens is 250 g/mol. The summed E-state index contributed by atoms with van der Waals surface area (Å²) < 4.78 is 0. The van der Waals surface area contributed by atoms with E-state index in [0.29, 0.717) is 0 Å². The van der Waals surface area contributed by atoms with Crippen molar-refractivity contribution in [3.63, 3.8) is 0 Å². The second kappa shape index (κ2) is 5.13. The molecule has 0 aliphatic heterocycles. The molecule has 1 nitrogen and oxygen atoms in total. The van der Waals surface area contributed by atoms with Crippen molar-refractivity contribution in [1.82, 2.24) is 0 Å². The third kappa shape index (κ3) is 3.20. The largest absolute Gasteiger partial charge is 0.293 e. The minimum Gasteiger partial charge on any atom is -0.293 e. The zero-order valence-corrected chi connectivity index (χ0v) is 14.9. The van der Waals surface area contributed by atoms with Gasteiger partial charge in [-0.3, -0.25) is 4.99 Å². The average Bonchev–Trinajstić information content (AvgIpc) is 2.24. The van der Waals surface area contributed by atoms with Crippen LogP contribution in [0.1, 0.15) is 12.5 Å². The van der Waals surface area contributed by atoms with Gasteiger partial charge in [-0.2, -0.15) is 0 Å². The Balaban J connectivity index is 3.13. The van der Waals surface area contributed by atoms with E-state index in [4.69, 9.17) is 4.99 Å². The van der Waals surface area contributed by atoms with Crippen LogP contribution in [0.25, 0.3) is 0 Å². The standard InChI is InChI=1S/C15H27NSi2/c1-15(17(2,3)4,18(5,6)7)16-13-14-11-9-8-10-12-14/h8-13H,1-7H3/b16-13+. The molecule has 0 bridgehead atoms. The van der Waals surface area contributed by atoms with Gasteiger partial charge in [0.25, 0.3) is 0 Å². The predicted molar refractivity (Wildman–Crippen MR) is 89.1 cm³/mol. The zero-order chi connectivity index (χ0) is 14.0. The van der Waals surface area contributed by atoms with Gasteiger partial charge in [-0.1, -0.05) is 69.6 Å². The molecule has 0 aliphatic carbocycles. The Kier molecular flexibility index (Phi) is 4.39. The molecule has 0 N–H and O–H groups in total. The number of benzene rings is 1. The van der Waals surface area contributed by atoms with Crippen molar-refractivity contribution in [2.24, 2.45) is 4.99 Å². The fraction of sp³-hybridized carbons (Fsp3) is 0.533. The Morgan fingerprint density at radius 3 is 1.72 bits per heavy atom. The van der Waals surface area contributed by atoms with Crippen molar-refractivity contribution in [3.05, 3.63) is 35.9 Å². The van der Waals surface area contributed by atoms with Gasteiger partial charge in [-0.25, -0.2) is 0 Å². The molecule has 3 heteroatoms. The Morgan fingerprint density at radius 2 is 1.33 bits per heavy atom. The first-order valence-corrected chi connectivity index (χ1v) is 13.7. The molecule has 1 aromatic carbocycles. The highest BCUT2D eigenvalue weighted by molar-refractivity contribution is 6.99. The smallest absolute Gasteiger partial charge is 0.0728 e. The topological polar surface area (TPSA) is 12.4 Å². The molecule has 1 aromatic rings. The van der Waals surface area contributed by atoms with Crippen LogP contribution in [0, 0.1) is 0 Å². The molecule has 18 heavy (non-hydrogen) atoms. The van der Waals surface area contributed by atoms with Gasteiger partial charge in [-0.05, 0) is 12.5 Å². The van der Waals surface area contributed by atoms with Gasteiger partial charge in [0.2, 0.25) is 0 Å². The lowest BCUT2D eigenvalue weighted by atomic mass is 10.2. The highest BCUT2D eigenvalue weighted by Crippen LogP contribution is 2.34. The molecule has 1 rings (SSSR count). The first kappa shape index (κ1) is 15.4. The molecule has 0 spiro atoms. The summed E-state index contributed by atoms with van der Waals surface area (Å²) in [5.41, 5.74) is 1.21. The van der Waals surface area contributed by atoms with E-state index in [1.54, 1.807) is 0 Å². The molecule has 0 heterocycles. The summed E-state index contributed by atoms with van der Waals surface area (Å²) in [6.45, 7) is 17.0. The molecule has 0 fully saturated rings. The second-order valence-corrected chi connectivity index (χ2v) is 18.7. The van der Waals surface area contributed by atoms with Crippen LogP contribution in [0.5, 0.6) is 0 Å². The summed E-state index contributed by atoms with van der Waals surface area (Å²) in [4.78, 5) is 5.24. The van der Waals surface area contributed by atoms with Crippen LogP contribution in [0.3, 0.4) is 0 Å². The summed E-state index contributed by atoms with van der Waals surface area (Å²) >= 11 is 0. The molecule has 0 saturated carbocycles. The van der Waals surface area contributed by atoms with Crippen molar-refractivity contribution >= 4 is 22.4 Å². The van der Waals surface area contributed by atoms with Crippen LogP contribution in [0.15, 0.2) is 35.3 Å². The predicted octanol–water partition coefficient (Wildman–Crippen LogP) is 4.62. The molecular formula is C15H27NSi2. The molecule has 0 atom stereocenters. The van der Waals surface area contributed by atoms with E-state index >= 15 is 0 Å². The molecule has 0 unspecified atom stereocenters. The van der Waals surface area contributed by atoms with Gasteiger partial charge in [0, 0.05) is 11.0 Å². The van der Waals surface area contributed by atoms with E-state index < -0.39 is 16.1 Å². The fourth-order valence-corrected chi connectivity index (χ4v) is 12.2. The first-order valence-electron chi connectivity index (χ1n) is 6.68. The molecule has 0 saturated heterocycles. The van der Waals surface area contributed by atoms with Gasteiger partial charge in [0.15, 0.2) is 0 Å². The Labute approximate surface area is 114 Å². The lowest BCUT2D eigenvalue weighted by molar-refractivity contribution is 0.838. The lowest BCUT2D eigenvalue weighted by Gasteiger charge is -2.46. The van der Waals surface area contributed by atoms with E-state index in [1.807, 2.05) is 6.07 Å². The van der Waals surface area contributed by atoms with Crippen LogP contribution in [-0.4, -0.2) is 27.1 Å². The highest BCUT2D eigenvalue weighted by Gasteiger charge is 2.48. The Hall–Kier alpha value is -0.676. The average molecular weight is 278 g/mol. The van der Waals surface area contributed by atoms with E-state index in [0.717, 1.165) is 0 Å². The van der Waals surface area contributed by atoms with Crippen LogP contribution in [-0.2, 0) is 0 Å². The first-order chi connectivity index (χ1) is 8.08. The van der Waals surface area contributed by atoms with Crippen LogP contribution in [0.4, 0.5) is 0 Å². The lowest BCUT2D eigenvalue weighted by Crippen LogP contribution is -2.63. The maximum atomic E-state index is 5.07. The Bertz CT molecular complexity index is 396. The van der Waals surface area contributed by atoms with Crippen LogP contribution < -0.4 is 0 Å². The van der Waals surface area contributed by atoms with Crippen LogP contribution >= 0.6 is 0 Å². The highest BCUT2D eigenvalue weighted by atomic mass is 28.4. The quantitative estimate of drug-likeness (QED) is 0.562. The third-order valence-electron chi connectivity index (χ3n) is 4.19. The number of hydrogen-bond donors (Lipinski definition) is 0. The van der Waals surface area contributed by atoms with Crippen molar-refractivity contribution in [3.8, 4) is 0 Å². The van der Waals surface area contributed by atoms with E-state index in [1.165, 1.54) is 5.56 Å². The summed E-state index contributed by atoms with van der Waals surface area (Å²) in [6.07, 6.45) is 2.08. The van der Waals surface area contributed by atoms with E-state index in [-0.39, 0.29) is 4.79 Å². The third-order valence-corrected chi connectivity index (χ3v) is 14.8. The normalized spacial score (nSPS) is 14.2. The molecule has 0 aromatic heterocycles. The van der Waals surface area contributed by atoms with Gasteiger partial charge >= 0.3 is 0 Å². The summed E-state index contributed by atoms with van der Waals surface area (Å²) in [5.74, 6) is 0. The van der Waals surface area contributed by atoms with Crippen molar-refractivity contribution < 1.29 is 0 Å². The molecule has 100 valence electrons.